The van der Waals surface area contributed by atoms with Crippen molar-refractivity contribution in [2.24, 2.45) is 40.9 Å². The first-order valence-electron chi connectivity index (χ1n) is 10.2. The number of fused-ring (bicyclic) bond motifs is 7. The zero-order valence-electron chi connectivity index (χ0n) is 15.4. The van der Waals surface area contributed by atoms with Crippen LogP contribution in [0.5, 0.6) is 0 Å². The summed E-state index contributed by atoms with van der Waals surface area (Å²) >= 11 is 0. The number of carboxylic acid groups (broad SMARTS) is 1. The third kappa shape index (κ3) is 2.05. The molecule has 0 saturated heterocycles. The Labute approximate surface area is 154 Å². The van der Waals surface area contributed by atoms with Crippen molar-refractivity contribution in [1.82, 2.24) is 0 Å². The molecule has 5 aliphatic carbocycles. The highest BCUT2D eigenvalue weighted by molar-refractivity contribution is 5.91. The number of carbonyl (C=O) groups excluding carboxylic acids is 1. The van der Waals surface area contributed by atoms with Gasteiger partial charge >= 0.3 is 5.97 Å². The lowest BCUT2D eigenvalue weighted by Gasteiger charge is -2.55. The standard InChI is InChI=1S/C22H28O4/c1-21-8-6-15-14-5-3-13(23)10-12(14)2-4-16(15)20(21)17-11-18(17)22(21,26)9-7-19(24)25/h2,4,10,14-18,20,26H,3,5-9,11H2,1H3,(H,24,25)/t14-,15+,16+,17-,18+,20+,21-,22-/m0/s1. The lowest BCUT2D eigenvalue weighted by molar-refractivity contribution is -0.149. The molecule has 3 fully saturated rings. The van der Waals surface area contributed by atoms with Crippen molar-refractivity contribution in [3.8, 4) is 0 Å². The minimum atomic E-state index is -0.821. The fourth-order valence-corrected chi connectivity index (χ4v) is 7.55. The van der Waals surface area contributed by atoms with E-state index in [9.17, 15) is 14.7 Å². The van der Waals surface area contributed by atoms with Crippen LogP contribution in [-0.4, -0.2) is 27.6 Å². The van der Waals surface area contributed by atoms with E-state index in [1.165, 1.54) is 5.57 Å². The number of carboxylic acids is 1. The fraction of sp³-hybridized carbons (Fsp3) is 0.727. The van der Waals surface area contributed by atoms with E-state index in [1.54, 1.807) is 0 Å². The zero-order chi connectivity index (χ0) is 18.3. The number of allylic oxidation sites excluding steroid dienone is 4. The normalized spacial score (nSPS) is 51.0. The van der Waals surface area contributed by atoms with Crippen LogP contribution in [0.1, 0.15) is 51.9 Å². The second-order valence-corrected chi connectivity index (χ2v) is 9.66. The molecule has 3 saturated carbocycles. The van der Waals surface area contributed by atoms with Crippen LogP contribution in [0.25, 0.3) is 0 Å². The zero-order valence-corrected chi connectivity index (χ0v) is 15.4. The number of aliphatic carboxylic acids is 1. The monoisotopic (exact) mass is 356 g/mol. The third-order valence-corrected chi connectivity index (χ3v) is 8.75. The molecule has 0 bridgehead atoms. The molecule has 0 aromatic rings. The Kier molecular flexibility index (Phi) is 3.42. The summed E-state index contributed by atoms with van der Waals surface area (Å²) in [5.74, 6) is 2.29. The summed E-state index contributed by atoms with van der Waals surface area (Å²) in [4.78, 5) is 22.9. The van der Waals surface area contributed by atoms with Crippen molar-refractivity contribution >= 4 is 11.8 Å². The number of rotatable bonds is 3. The Balaban J connectivity index is 1.48. The second kappa shape index (κ2) is 5.31. The molecule has 0 unspecified atom stereocenters. The van der Waals surface area contributed by atoms with Gasteiger partial charge in [-0.05, 0) is 79.3 Å². The van der Waals surface area contributed by atoms with E-state index in [4.69, 9.17) is 5.11 Å². The van der Waals surface area contributed by atoms with Gasteiger partial charge in [-0.25, -0.2) is 0 Å². The van der Waals surface area contributed by atoms with Gasteiger partial charge in [0.15, 0.2) is 5.78 Å². The van der Waals surface area contributed by atoms with Gasteiger partial charge in [0.1, 0.15) is 0 Å². The molecule has 4 heteroatoms. The van der Waals surface area contributed by atoms with Crippen LogP contribution in [0.4, 0.5) is 0 Å². The van der Waals surface area contributed by atoms with Gasteiger partial charge in [-0.1, -0.05) is 19.1 Å². The van der Waals surface area contributed by atoms with Crippen molar-refractivity contribution in [2.45, 2.75) is 57.5 Å². The summed E-state index contributed by atoms with van der Waals surface area (Å²) in [6.07, 6.45) is 11.6. The highest BCUT2D eigenvalue weighted by atomic mass is 16.4. The van der Waals surface area contributed by atoms with E-state index in [0.717, 1.165) is 25.7 Å². The van der Waals surface area contributed by atoms with Crippen LogP contribution in [0, 0.1) is 40.9 Å². The Bertz CT molecular complexity index is 736. The molecule has 0 amide bonds. The Hall–Kier alpha value is -1.42. The summed E-state index contributed by atoms with van der Waals surface area (Å²) in [6, 6.07) is 0. The van der Waals surface area contributed by atoms with Gasteiger partial charge in [0, 0.05) is 18.3 Å². The first-order valence-corrected chi connectivity index (χ1v) is 10.2. The average Bonchev–Trinajstić information content (AvgIpc) is 3.36. The molecule has 0 radical (unpaired) electrons. The third-order valence-electron chi connectivity index (χ3n) is 8.75. The molecule has 140 valence electrons. The molecule has 0 aliphatic heterocycles. The van der Waals surface area contributed by atoms with E-state index in [2.05, 4.69) is 19.1 Å². The van der Waals surface area contributed by atoms with Crippen LogP contribution in [-0.2, 0) is 9.59 Å². The summed E-state index contributed by atoms with van der Waals surface area (Å²) in [5, 5.41) is 20.8. The predicted molar refractivity (Wildman–Crippen MR) is 96.2 cm³/mol. The van der Waals surface area contributed by atoms with Crippen molar-refractivity contribution in [1.29, 1.82) is 0 Å². The Morgan fingerprint density at radius 3 is 2.88 bits per heavy atom. The molecule has 5 rings (SSSR count). The van der Waals surface area contributed by atoms with E-state index in [0.29, 0.717) is 42.4 Å². The van der Waals surface area contributed by atoms with E-state index in [-0.39, 0.29) is 23.5 Å². The van der Waals surface area contributed by atoms with E-state index in [1.807, 2.05) is 6.08 Å². The van der Waals surface area contributed by atoms with Gasteiger partial charge in [0.2, 0.25) is 0 Å². The van der Waals surface area contributed by atoms with Crippen LogP contribution in [0.15, 0.2) is 23.8 Å². The van der Waals surface area contributed by atoms with Gasteiger partial charge < -0.3 is 10.2 Å². The number of hydrogen-bond acceptors (Lipinski definition) is 3. The predicted octanol–water partition coefficient (Wildman–Crippen LogP) is 3.36. The summed E-state index contributed by atoms with van der Waals surface area (Å²) < 4.78 is 0. The largest absolute Gasteiger partial charge is 0.481 e. The van der Waals surface area contributed by atoms with Crippen LogP contribution >= 0.6 is 0 Å². The number of carbonyl (C=O) groups is 2. The lowest BCUT2D eigenvalue weighted by Crippen LogP contribution is -2.54. The van der Waals surface area contributed by atoms with Crippen molar-refractivity contribution in [3.63, 3.8) is 0 Å². The fourth-order valence-electron chi connectivity index (χ4n) is 7.55. The molecule has 0 aromatic heterocycles. The van der Waals surface area contributed by atoms with Gasteiger partial charge in [0.05, 0.1) is 5.60 Å². The maximum absolute atomic E-state index is 11.8. The maximum atomic E-state index is 11.8. The smallest absolute Gasteiger partial charge is 0.303 e. The molecule has 2 N–H and O–H groups in total. The molecular formula is C22H28O4. The number of ketones is 1. The Morgan fingerprint density at radius 2 is 2.12 bits per heavy atom. The summed E-state index contributed by atoms with van der Waals surface area (Å²) in [6.45, 7) is 2.23. The van der Waals surface area contributed by atoms with Crippen molar-refractivity contribution in [3.05, 3.63) is 23.8 Å². The summed E-state index contributed by atoms with van der Waals surface area (Å²) in [5.41, 5.74) is 0.225. The van der Waals surface area contributed by atoms with Gasteiger partial charge in [-0.15, -0.1) is 0 Å². The molecule has 4 nitrogen and oxygen atoms in total. The highest BCUT2D eigenvalue weighted by Crippen LogP contribution is 2.76. The first kappa shape index (κ1) is 16.7. The second-order valence-electron chi connectivity index (χ2n) is 9.66. The van der Waals surface area contributed by atoms with Gasteiger partial charge in [-0.2, -0.15) is 0 Å². The first-order chi connectivity index (χ1) is 12.3. The highest BCUT2D eigenvalue weighted by Gasteiger charge is 2.75. The molecule has 0 aromatic carbocycles. The minimum Gasteiger partial charge on any atom is -0.481 e. The number of hydrogen-bond donors (Lipinski definition) is 2. The topological polar surface area (TPSA) is 74.6 Å². The molecular weight excluding hydrogens is 328 g/mol. The van der Waals surface area contributed by atoms with Crippen LogP contribution < -0.4 is 0 Å². The minimum absolute atomic E-state index is 0.0591. The molecule has 26 heavy (non-hydrogen) atoms. The molecule has 5 aliphatic rings. The van der Waals surface area contributed by atoms with E-state index < -0.39 is 11.6 Å². The van der Waals surface area contributed by atoms with Gasteiger partial charge in [-0.3, -0.25) is 9.59 Å². The van der Waals surface area contributed by atoms with Crippen LogP contribution in [0.3, 0.4) is 0 Å². The van der Waals surface area contributed by atoms with Gasteiger partial charge in [0.25, 0.3) is 0 Å². The maximum Gasteiger partial charge on any atom is 0.303 e. The Morgan fingerprint density at radius 1 is 1.31 bits per heavy atom. The molecule has 0 heterocycles. The van der Waals surface area contributed by atoms with Crippen molar-refractivity contribution in [2.75, 3.05) is 0 Å². The summed E-state index contributed by atoms with van der Waals surface area (Å²) in [7, 11) is 0. The SMILES string of the molecule is C[C@]12CC[C@H]3[C@@H](C=CC4=CC(=O)CC[C@@H]43)[C@@H]1[C@H]1C[C@H]1[C@@]2(O)CCC(=O)O. The van der Waals surface area contributed by atoms with E-state index >= 15 is 0 Å². The van der Waals surface area contributed by atoms with Crippen LogP contribution in [0.2, 0.25) is 0 Å². The lowest BCUT2D eigenvalue weighted by atomic mass is 9.50. The quantitative estimate of drug-likeness (QED) is 0.813. The molecule has 0 spiro atoms. The van der Waals surface area contributed by atoms with Crippen molar-refractivity contribution < 1.29 is 19.8 Å². The molecule has 8 atom stereocenters. The average molecular weight is 356 g/mol. The number of aliphatic hydroxyl groups is 1.